The molecular formula is C15H21N3. The van der Waals surface area contributed by atoms with E-state index < -0.39 is 0 Å². The summed E-state index contributed by atoms with van der Waals surface area (Å²) in [4.78, 5) is 2.40. The second-order valence-corrected chi connectivity index (χ2v) is 5.54. The molecule has 0 atom stereocenters. The van der Waals surface area contributed by atoms with Gasteiger partial charge in [0.1, 0.15) is 0 Å². The van der Waals surface area contributed by atoms with Crippen LogP contribution in [-0.2, 0) is 6.54 Å². The Morgan fingerprint density at radius 2 is 2.17 bits per heavy atom. The average Bonchev–Trinajstić information content (AvgIpc) is 2.59. The molecule has 0 aliphatic carbocycles. The highest BCUT2D eigenvalue weighted by atomic mass is 15.2. The van der Waals surface area contributed by atoms with Crippen molar-refractivity contribution < 1.29 is 0 Å². The Hall–Kier alpha value is -1.53. The number of fused-ring (bicyclic) bond motifs is 1. The van der Waals surface area contributed by atoms with Crippen molar-refractivity contribution in [3.63, 3.8) is 0 Å². The Bertz CT molecular complexity index is 445. The predicted molar refractivity (Wildman–Crippen MR) is 74.4 cm³/mol. The Morgan fingerprint density at radius 1 is 1.39 bits per heavy atom. The molecule has 2 rings (SSSR count). The van der Waals surface area contributed by atoms with E-state index in [4.69, 9.17) is 5.26 Å². The van der Waals surface area contributed by atoms with Crippen molar-refractivity contribution in [3.05, 3.63) is 29.8 Å². The monoisotopic (exact) mass is 243 g/mol. The van der Waals surface area contributed by atoms with Crippen LogP contribution in [0.5, 0.6) is 0 Å². The third-order valence-electron chi connectivity index (χ3n) is 3.52. The first kappa shape index (κ1) is 12.9. The number of rotatable bonds is 3. The minimum atomic E-state index is -0.241. The molecule has 0 fully saturated rings. The van der Waals surface area contributed by atoms with Gasteiger partial charge in [0, 0.05) is 31.9 Å². The lowest BCUT2D eigenvalue weighted by Gasteiger charge is -2.27. The fourth-order valence-corrected chi connectivity index (χ4v) is 2.23. The maximum atomic E-state index is 9.09. The van der Waals surface area contributed by atoms with Crippen LogP contribution in [0.4, 0.5) is 5.69 Å². The predicted octanol–water partition coefficient (Wildman–Crippen LogP) is 2.54. The molecule has 0 spiro atoms. The van der Waals surface area contributed by atoms with Crippen molar-refractivity contribution >= 4 is 5.69 Å². The molecule has 1 N–H and O–H groups in total. The largest absolute Gasteiger partial charge is 0.370 e. The van der Waals surface area contributed by atoms with Crippen molar-refractivity contribution in [3.8, 4) is 6.07 Å². The molecule has 0 radical (unpaired) electrons. The smallest absolute Gasteiger partial charge is 0.0684 e. The standard InChI is InChI=1S/C15H21N3/c1-15(2,12-16)7-9-18-10-8-17-11-13-5-3-4-6-14(13)18/h3-6,17H,7-11H2,1-2H3. The van der Waals surface area contributed by atoms with Gasteiger partial charge in [-0.1, -0.05) is 18.2 Å². The van der Waals surface area contributed by atoms with Crippen LogP contribution < -0.4 is 10.2 Å². The minimum absolute atomic E-state index is 0.241. The van der Waals surface area contributed by atoms with Crippen molar-refractivity contribution in [2.45, 2.75) is 26.8 Å². The number of anilines is 1. The average molecular weight is 243 g/mol. The fourth-order valence-electron chi connectivity index (χ4n) is 2.23. The molecule has 1 aliphatic heterocycles. The maximum absolute atomic E-state index is 9.09. The van der Waals surface area contributed by atoms with Gasteiger partial charge >= 0.3 is 0 Å². The van der Waals surface area contributed by atoms with E-state index in [1.54, 1.807) is 0 Å². The molecule has 0 unspecified atom stereocenters. The van der Waals surface area contributed by atoms with Gasteiger partial charge in [0.05, 0.1) is 11.5 Å². The van der Waals surface area contributed by atoms with Gasteiger partial charge in [0.15, 0.2) is 0 Å². The summed E-state index contributed by atoms with van der Waals surface area (Å²) in [6, 6.07) is 10.9. The number of nitrogens with zero attached hydrogens (tertiary/aromatic N) is 2. The highest BCUT2D eigenvalue weighted by Crippen LogP contribution is 2.25. The van der Waals surface area contributed by atoms with Gasteiger partial charge in [-0.3, -0.25) is 0 Å². The van der Waals surface area contributed by atoms with Gasteiger partial charge in [0.25, 0.3) is 0 Å². The van der Waals surface area contributed by atoms with E-state index in [0.29, 0.717) is 0 Å². The van der Waals surface area contributed by atoms with Crippen LogP contribution >= 0.6 is 0 Å². The third-order valence-corrected chi connectivity index (χ3v) is 3.52. The molecule has 0 saturated heterocycles. The minimum Gasteiger partial charge on any atom is -0.370 e. The van der Waals surface area contributed by atoms with Crippen LogP contribution in [0.3, 0.4) is 0 Å². The molecule has 3 heteroatoms. The summed E-state index contributed by atoms with van der Waals surface area (Å²) in [6.07, 6.45) is 0.901. The lowest BCUT2D eigenvalue weighted by Crippen LogP contribution is -2.31. The summed E-state index contributed by atoms with van der Waals surface area (Å²) in [6.45, 7) is 7.91. The molecule has 1 aromatic rings. The Kier molecular flexibility index (Phi) is 3.88. The first-order chi connectivity index (χ1) is 8.62. The van der Waals surface area contributed by atoms with Crippen molar-refractivity contribution in [2.24, 2.45) is 5.41 Å². The number of nitriles is 1. The number of nitrogens with one attached hydrogen (secondary N) is 1. The van der Waals surface area contributed by atoms with Crippen molar-refractivity contribution in [1.82, 2.24) is 5.32 Å². The lowest BCUT2D eigenvalue weighted by atomic mass is 9.91. The normalized spacial score (nSPS) is 15.7. The van der Waals surface area contributed by atoms with E-state index in [1.807, 2.05) is 13.8 Å². The first-order valence-corrected chi connectivity index (χ1v) is 6.57. The molecule has 18 heavy (non-hydrogen) atoms. The van der Waals surface area contributed by atoms with Crippen LogP contribution in [-0.4, -0.2) is 19.6 Å². The van der Waals surface area contributed by atoms with Crippen LogP contribution in [0.1, 0.15) is 25.8 Å². The lowest BCUT2D eigenvalue weighted by molar-refractivity contribution is 0.450. The fraction of sp³-hybridized carbons (Fsp3) is 0.533. The molecule has 3 nitrogen and oxygen atoms in total. The van der Waals surface area contributed by atoms with Crippen LogP contribution in [0.25, 0.3) is 0 Å². The van der Waals surface area contributed by atoms with Gasteiger partial charge < -0.3 is 10.2 Å². The number of benzene rings is 1. The summed E-state index contributed by atoms with van der Waals surface area (Å²) in [7, 11) is 0. The Morgan fingerprint density at radius 3 is 2.94 bits per heavy atom. The number of hydrogen-bond acceptors (Lipinski definition) is 3. The molecule has 1 heterocycles. The molecule has 0 bridgehead atoms. The zero-order valence-corrected chi connectivity index (χ0v) is 11.2. The molecule has 0 saturated carbocycles. The Labute approximate surface area is 109 Å². The summed E-state index contributed by atoms with van der Waals surface area (Å²) in [5.74, 6) is 0. The van der Waals surface area contributed by atoms with Crippen molar-refractivity contribution in [2.75, 3.05) is 24.5 Å². The van der Waals surface area contributed by atoms with Crippen LogP contribution in [0.2, 0.25) is 0 Å². The summed E-state index contributed by atoms with van der Waals surface area (Å²) in [5, 5.41) is 12.5. The van der Waals surface area contributed by atoms with Crippen LogP contribution in [0.15, 0.2) is 24.3 Å². The third kappa shape index (κ3) is 3.02. The van der Waals surface area contributed by atoms with E-state index in [2.05, 4.69) is 40.6 Å². The summed E-state index contributed by atoms with van der Waals surface area (Å²) >= 11 is 0. The first-order valence-electron chi connectivity index (χ1n) is 6.57. The van der Waals surface area contributed by atoms with E-state index in [-0.39, 0.29) is 5.41 Å². The number of hydrogen-bond donors (Lipinski definition) is 1. The maximum Gasteiger partial charge on any atom is 0.0684 e. The van der Waals surface area contributed by atoms with E-state index in [0.717, 1.165) is 32.6 Å². The van der Waals surface area contributed by atoms with E-state index in [1.165, 1.54) is 11.3 Å². The second kappa shape index (κ2) is 5.41. The SMILES string of the molecule is CC(C)(C#N)CCN1CCNCc2ccccc21. The second-order valence-electron chi connectivity index (χ2n) is 5.54. The van der Waals surface area contributed by atoms with E-state index in [9.17, 15) is 0 Å². The molecule has 1 aromatic carbocycles. The van der Waals surface area contributed by atoms with Crippen LogP contribution in [0, 0.1) is 16.7 Å². The van der Waals surface area contributed by atoms with Gasteiger partial charge in [-0.05, 0) is 31.9 Å². The zero-order chi connectivity index (χ0) is 13.0. The molecule has 0 amide bonds. The highest BCUT2D eigenvalue weighted by Gasteiger charge is 2.20. The Balaban J connectivity index is 2.11. The molecule has 1 aliphatic rings. The van der Waals surface area contributed by atoms with E-state index >= 15 is 0 Å². The van der Waals surface area contributed by atoms with Gasteiger partial charge in [-0.25, -0.2) is 0 Å². The molecule has 0 aromatic heterocycles. The molecular weight excluding hydrogens is 222 g/mol. The number of para-hydroxylation sites is 1. The zero-order valence-electron chi connectivity index (χ0n) is 11.2. The van der Waals surface area contributed by atoms with Gasteiger partial charge in [-0.2, -0.15) is 5.26 Å². The summed E-state index contributed by atoms with van der Waals surface area (Å²) in [5.41, 5.74) is 2.43. The topological polar surface area (TPSA) is 39.1 Å². The summed E-state index contributed by atoms with van der Waals surface area (Å²) < 4.78 is 0. The van der Waals surface area contributed by atoms with Gasteiger partial charge in [-0.15, -0.1) is 0 Å². The van der Waals surface area contributed by atoms with Gasteiger partial charge in [0.2, 0.25) is 0 Å². The highest BCUT2D eigenvalue weighted by molar-refractivity contribution is 5.54. The quantitative estimate of drug-likeness (QED) is 0.886. The molecule has 96 valence electrons. The van der Waals surface area contributed by atoms with Crippen molar-refractivity contribution in [1.29, 1.82) is 5.26 Å².